The summed E-state index contributed by atoms with van der Waals surface area (Å²) in [5.41, 5.74) is 3.19. The number of aromatic nitrogens is 3. The number of nitrogens with one attached hydrogen (secondary N) is 1. The van der Waals surface area contributed by atoms with E-state index in [9.17, 15) is 9.59 Å². The number of hydrogen-bond donors (Lipinski definition) is 1. The van der Waals surface area contributed by atoms with Crippen molar-refractivity contribution in [3.8, 4) is 11.4 Å². The van der Waals surface area contributed by atoms with E-state index in [0.29, 0.717) is 31.5 Å². The molecule has 0 saturated carbocycles. The van der Waals surface area contributed by atoms with Crippen LogP contribution in [0.15, 0.2) is 47.3 Å². The summed E-state index contributed by atoms with van der Waals surface area (Å²) < 4.78 is 1.78. The van der Waals surface area contributed by atoms with Gasteiger partial charge in [-0.05, 0) is 24.6 Å². The van der Waals surface area contributed by atoms with E-state index in [4.69, 9.17) is 11.6 Å². The van der Waals surface area contributed by atoms with Gasteiger partial charge in [0, 0.05) is 16.1 Å². The number of anilines is 1. The van der Waals surface area contributed by atoms with Gasteiger partial charge in [-0.15, -0.1) is 10.2 Å². The molecule has 8 heteroatoms. The van der Waals surface area contributed by atoms with Gasteiger partial charge in [0.05, 0.1) is 11.3 Å². The quantitative estimate of drug-likeness (QED) is 0.538. The molecule has 0 unspecified atom stereocenters. The molecule has 0 radical (unpaired) electrons. The summed E-state index contributed by atoms with van der Waals surface area (Å²) in [6.07, 6.45) is 0. The molecule has 0 aliphatic carbocycles. The van der Waals surface area contributed by atoms with E-state index >= 15 is 0 Å². The van der Waals surface area contributed by atoms with E-state index in [1.165, 1.54) is 4.40 Å². The number of carbonyl (C=O) groups excluding carboxylic acids is 1. The number of thiazole rings is 1. The van der Waals surface area contributed by atoms with Gasteiger partial charge < -0.3 is 5.32 Å². The fourth-order valence-electron chi connectivity index (χ4n) is 3.29. The van der Waals surface area contributed by atoms with Gasteiger partial charge in [-0.25, -0.2) is 4.40 Å². The summed E-state index contributed by atoms with van der Waals surface area (Å²) in [6, 6.07) is 12.7. The van der Waals surface area contributed by atoms with Crippen LogP contribution in [0.5, 0.6) is 0 Å². The van der Waals surface area contributed by atoms with Crippen LogP contribution in [0.25, 0.3) is 21.9 Å². The van der Waals surface area contributed by atoms with Crippen LogP contribution in [-0.2, 0) is 4.79 Å². The number of amides is 1. The maximum absolute atomic E-state index is 13.2. The predicted molar refractivity (Wildman–Crippen MR) is 105 cm³/mol. The molecule has 27 heavy (non-hydrogen) atoms. The molecule has 5 rings (SSSR count). The Labute approximate surface area is 161 Å². The van der Waals surface area contributed by atoms with Crippen molar-refractivity contribution in [2.75, 3.05) is 5.32 Å². The predicted octanol–water partition coefficient (Wildman–Crippen LogP) is 2.65. The van der Waals surface area contributed by atoms with Crippen LogP contribution in [0.1, 0.15) is 11.1 Å². The lowest BCUT2D eigenvalue weighted by Gasteiger charge is -2.00. The van der Waals surface area contributed by atoms with Crippen LogP contribution in [0, 0.1) is 6.92 Å². The van der Waals surface area contributed by atoms with Gasteiger partial charge in [-0.2, -0.15) is 0 Å². The van der Waals surface area contributed by atoms with E-state index in [1.807, 2.05) is 31.2 Å². The molecule has 6 nitrogen and oxygen atoms in total. The summed E-state index contributed by atoms with van der Waals surface area (Å²) in [7, 11) is 0. The Bertz CT molecular complexity index is 1370. The highest BCUT2D eigenvalue weighted by molar-refractivity contribution is 7.15. The molecule has 0 fully saturated rings. The third kappa shape index (κ3) is 2.32. The lowest BCUT2D eigenvalue weighted by molar-refractivity contribution is -0.110. The highest BCUT2D eigenvalue weighted by Gasteiger charge is 2.28. The first-order valence-electron chi connectivity index (χ1n) is 8.14. The van der Waals surface area contributed by atoms with Crippen LogP contribution in [-0.4, -0.2) is 20.5 Å². The molecule has 0 saturated heterocycles. The van der Waals surface area contributed by atoms with Gasteiger partial charge in [0.1, 0.15) is 4.53 Å². The number of fused-ring (bicyclic) bond motifs is 2. The summed E-state index contributed by atoms with van der Waals surface area (Å²) in [5, 5.41) is 11.7. The number of hydrogen-bond acceptors (Lipinski definition) is 5. The topological polar surface area (TPSA) is 76.4 Å². The molecule has 1 aliphatic rings. The smallest absolute Gasteiger partial charge is 0.277 e. The Morgan fingerprint density at radius 1 is 1.11 bits per heavy atom. The highest BCUT2D eigenvalue weighted by atomic mass is 35.5. The van der Waals surface area contributed by atoms with Crippen molar-refractivity contribution in [2.24, 2.45) is 0 Å². The normalized spacial score (nSPS) is 15.3. The second-order valence-electron chi connectivity index (χ2n) is 6.21. The van der Waals surface area contributed by atoms with Crippen molar-refractivity contribution in [1.82, 2.24) is 14.6 Å². The fourth-order valence-corrected chi connectivity index (χ4v) is 4.49. The van der Waals surface area contributed by atoms with Crippen LogP contribution < -0.4 is 15.4 Å². The fraction of sp³-hybridized carbons (Fsp3) is 0.0526. The van der Waals surface area contributed by atoms with Crippen molar-refractivity contribution < 1.29 is 4.79 Å². The molecule has 132 valence electrons. The molecule has 0 bridgehead atoms. The average molecular weight is 395 g/mol. The molecular formula is C19H11ClN4O2S. The number of halogens is 1. The van der Waals surface area contributed by atoms with Crippen molar-refractivity contribution in [3.63, 3.8) is 0 Å². The minimum absolute atomic E-state index is 0.279. The molecule has 2 aromatic carbocycles. The Morgan fingerprint density at radius 3 is 2.74 bits per heavy atom. The maximum Gasteiger partial charge on any atom is 0.277 e. The molecule has 2 aromatic heterocycles. The number of benzene rings is 2. The Morgan fingerprint density at radius 2 is 1.93 bits per heavy atom. The standard InChI is InChI=1S/C19H11ClN4O2S/c1-9-4-2-7-12-13(17(25)21-14(9)12)15-18(26)24-16(22-23-19(24)27-15)10-5-3-6-11(20)8-10/h2-8H,1H3,(H,21,25). The minimum atomic E-state index is -0.311. The summed E-state index contributed by atoms with van der Waals surface area (Å²) in [6.45, 7) is 1.92. The van der Waals surface area contributed by atoms with Crippen molar-refractivity contribution >= 4 is 45.1 Å². The zero-order chi connectivity index (χ0) is 18.7. The Kier molecular flexibility index (Phi) is 3.43. The van der Waals surface area contributed by atoms with E-state index in [2.05, 4.69) is 15.5 Å². The van der Waals surface area contributed by atoms with Crippen LogP contribution >= 0.6 is 22.9 Å². The van der Waals surface area contributed by atoms with Crippen LogP contribution in [0.4, 0.5) is 5.69 Å². The van der Waals surface area contributed by atoms with E-state index in [1.54, 1.807) is 18.2 Å². The largest absolute Gasteiger partial charge is 0.321 e. The molecule has 3 heterocycles. The third-order valence-electron chi connectivity index (χ3n) is 4.54. The van der Waals surface area contributed by atoms with Gasteiger partial charge in [0.25, 0.3) is 11.5 Å². The van der Waals surface area contributed by atoms with Gasteiger partial charge in [0.2, 0.25) is 4.96 Å². The molecule has 1 amide bonds. The molecule has 1 aliphatic heterocycles. The number of carbonyl (C=O) groups is 1. The van der Waals surface area contributed by atoms with Gasteiger partial charge in [0.15, 0.2) is 5.82 Å². The summed E-state index contributed by atoms with van der Waals surface area (Å²) in [5.74, 6) is 0.127. The molecular weight excluding hydrogens is 384 g/mol. The monoisotopic (exact) mass is 394 g/mol. The third-order valence-corrected chi connectivity index (χ3v) is 5.81. The molecule has 0 atom stereocenters. The lowest BCUT2D eigenvalue weighted by atomic mass is 10.0. The first-order chi connectivity index (χ1) is 13.0. The summed E-state index contributed by atoms with van der Waals surface area (Å²) in [4.78, 5) is 26.2. The number of rotatable bonds is 1. The zero-order valence-corrected chi connectivity index (χ0v) is 15.6. The van der Waals surface area contributed by atoms with E-state index in [-0.39, 0.29) is 11.5 Å². The number of para-hydroxylation sites is 1. The average Bonchev–Trinajstić information content (AvgIpc) is 3.29. The highest BCUT2D eigenvalue weighted by Crippen LogP contribution is 2.32. The van der Waals surface area contributed by atoms with Crippen molar-refractivity contribution in [2.45, 2.75) is 6.92 Å². The van der Waals surface area contributed by atoms with E-state index < -0.39 is 0 Å². The SMILES string of the molecule is Cc1cccc2c1NC(=O)C2=c1sc2nnc(-c3cccc(Cl)c3)n2c1=O. The maximum atomic E-state index is 13.2. The van der Waals surface area contributed by atoms with Crippen LogP contribution in [0.3, 0.4) is 0 Å². The number of aryl methyl sites for hydroxylation is 1. The molecule has 1 N–H and O–H groups in total. The minimum Gasteiger partial charge on any atom is -0.321 e. The van der Waals surface area contributed by atoms with Gasteiger partial charge in [-0.1, -0.05) is 53.3 Å². The first-order valence-corrected chi connectivity index (χ1v) is 9.33. The second kappa shape index (κ2) is 5.73. The Hall–Kier alpha value is -3.03. The van der Waals surface area contributed by atoms with Gasteiger partial charge >= 0.3 is 0 Å². The van der Waals surface area contributed by atoms with Gasteiger partial charge in [-0.3, -0.25) is 9.59 Å². The summed E-state index contributed by atoms with van der Waals surface area (Å²) >= 11 is 7.22. The first kappa shape index (κ1) is 16.2. The van der Waals surface area contributed by atoms with E-state index in [0.717, 1.165) is 28.2 Å². The van der Waals surface area contributed by atoms with Crippen molar-refractivity contribution in [3.05, 3.63) is 73.5 Å². The van der Waals surface area contributed by atoms with Crippen molar-refractivity contribution in [1.29, 1.82) is 0 Å². The number of nitrogens with zero attached hydrogens (tertiary/aromatic N) is 3. The molecule has 4 aromatic rings. The molecule has 0 spiro atoms. The second-order valence-corrected chi connectivity index (χ2v) is 7.63. The lowest BCUT2D eigenvalue weighted by Crippen LogP contribution is -2.28. The zero-order valence-electron chi connectivity index (χ0n) is 14.0. The van der Waals surface area contributed by atoms with Crippen LogP contribution in [0.2, 0.25) is 5.02 Å². The Balaban J connectivity index is 1.84.